The first-order valence-corrected chi connectivity index (χ1v) is 10.3. The maximum atomic E-state index is 11.5. The van der Waals surface area contributed by atoms with Gasteiger partial charge in [-0.1, -0.05) is 24.3 Å². The number of aromatic nitrogens is 2. The molecule has 4 nitrogen and oxygen atoms in total. The predicted octanol–water partition coefficient (Wildman–Crippen LogP) is 6.17. The van der Waals surface area contributed by atoms with Crippen molar-refractivity contribution < 1.29 is 9.53 Å². The Morgan fingerprint density at radius 3 is 1.75 bits per heavy atom. The topological polar surface area (TPSA) is 52.1 Å². The van der Waals surface area contributed by atoms with Crippen LogP contribution in [0.3, 0.4) is 0 Å². The number of fused-ring (bicyclic) bond motifs is 2. The first kappa shape index (κ1) is 17.0. The molecular formula is C22H14N2O2S2. The van der Waals surface area contributed by atoms with Gasteiger partial charge < -0.3 is 4.74 Å². The Morgan fingerprint density at radius 2 is 1.29 bits per heavy atom. The standard InChI is InChI=1S/C22H14N2O2S2/c1-13(25)26-16-11-14(21-23-17-6-2-4-8-19(17)27-21)10-15(12-16)22-24-18-7-3-5-9-20(18)28-22/h2-12H,1H3. The second-order valence-corrected chi connectivity index (χ2v) is 8.37. The Bertz CT molecular complexity index is 1180. The SMILES string of the molecule is CC(=O)Oc1cc(-c2nc3ccccc3s2)cc(-c2nc3ccccc3s2)c1. The summed E-state index contributed by atoms with van der Waals surface area (Å²) in [7, 11) is 0. The fourth-order valence-corrected chi connectivity index (χ4v) is 4.97. The third-order valence-electron chi connectivity index (χ3n) is 4.25. The van der Waals surface area contributed by atoms with E-state index in [2.05, 4.69) is 18.2 Å². The van der Waals surface area contributed by atoms with Crippen LogP contribution in [0.25, 0.3) is 41.6 Å². The molecule has 0 amide bonds. The zero-order valence-electron chi connectivity index (χ0n) is 14.9. The largest absolute Gasteiger partial charge is 0.427 e. The van der Waals surface area contributed by atoms with Gasteiger partial charge in [-0.15, -0.1) is 22.7 Å². The Labute approximate surface area is 169 Å². The molecule has 0 unspecified atom stereocenters. The van der Waals surface area contributed by atoms with Gasteiger partial charge in [-0.05, 0) is 42.5 Å². The van der Waals surface area contributed by atoms with Crippen molar-refractivity contribution in [2.75, 3.05) is 0 Å². The quantitative estimate of drug-likeness (QED) is 0.268. The van der Waals surface area contributed by atoms with Gasteiger partial charge in [0.05, 0.1) is 20.4 Å². The van der Waals surface area contributed by atoms with Crippen LogP contribution in [-0.2, 0) is 4.79 Å². The number of carbonyl (C=O) groups is 1. The maximum Gasteiger partial charge on any atom is 0.308 e. The van der Waals surface area contributed by atoms with Crippen LogP contribution in [0.15, 0.2) is 66.7 Å². The molecule has 2 heterocycles. The van der Waals surface area contributed by atoms with Crippen LogP contribution in [0.5, 0.6) is 5.75 Å². The van der Waals surface area contributed by atoms with E-state index in [0.717, 1.165) is 41.6 Å². The fraction of sp³-hybridized carbons (Fsp3) is 0.0455. The number of benzene rings is 3. The van der Waals surface area contributed by atoms with Crippen molar-refractivity contribution in [3.8, 4) is 26.9 Å². The number of nitrogens with zero attached hydrogens (tertiary/aromatic N) is 2. The third-order valence-corrected chi connectivity index (χ3v) is 6.42. The van der Waals surface area contributed by atoms with Crippen LogP contribution in [0.4, 0.5) is 0 Å². The van der Waals surface area contributed by atoms with Crippen LogP contribution in [0, 0.1) is 0 Å². The van der Waals surface area contributed by atoms with Crippen molar-refractivity contribution >= 4 is 49.1 Å². The molecule has 0 saturated heterocycles. The molecule has 28 heavy (non-hydrogen) atoms. The Balaban J connectivity index is 1.68. The van der Waals surface area contributed by atoms with Crippen molar-refractivity contribution in [3.05, 3.63) is 66.7 Å². The lowest BCUT2D eigenvalue weighted by Crippen LogP contribution is -2.01. The van der Waals surface area contributed by atoms with Crippen LogP contribution < -0.4 is 4.74 Å². The summed E-state index contributed by atoms with van der Waals surface area (Å²) in [6, 6.07) is 21.9. The Morgan fingerprint density at radius 1 is 0.786 bits per heavy atom. The van der Waals surface area contributed by atoms with Gasteiger partial charge in [0, 0.05) is 18.1 Å². The lowest BCUT2D eigenvalue weighted by Gasteiger charge is -2.06. The first-order valence-electron chi connectivity index (χ1n) is 8.71. The molecule has 3 aromatic carbocycles. The van der Waals surface area contributed by atoms with E-state index in [1.165, 1.54) is 6.92 Å². The highest BCUT2D eigenvalue weighted by molar-refractivity contribution is 7.22. The average molecular weight is 403 g/mol. The molecule has 6 heteroatoms. The van der Waals surface area contributed by atoms with Gasteiger partial charge in [0.25, 0.3) is 0 Å². The van der Waals surface area contributed by atoms with Crippen LogP contribution in [0.2, 0.25) is 0 Å². The molecule has 0 aliphatic carbocycles. The van der Waals surface area contributed by atoms with E-state index >= 15 is 0 Å². The second-order valence-electron chi connectivity index (χ2n) is 6.31. The fourth-order valence-electron chi connectivity index (χ4n) is 3.06. The van der Waals surface area contributed by atoms with Gasteiger partial charge in [-0.25, -0.2) is 9.97 Å². The molecule has 0 saturated carbocycles. The Kier molecular flexibility index (Phi) is 4.15. The van der Waals surface area contributed by atoms with E-state index in [1.54, 1.807) is 22.7 Å². The van der Waals surface area contributed by atoms with Crippen molar-refractivity contribution in [1.29, 1.82) is 0 Å². The normalized spacial score (nSPS) is 11.2. The molecule has 0 fully saturated rings. The summed E-state index contributed by atoms with van der Waals surface area (Å²) in [6.07, 6.45) is 0. The summed E-state index contributed by atoms with van der Waals surface area (Å²) >= 11 is 3.24. The van der Waals surface area contributed by atoms with Crippen LogP contribution >= 0.6 is 22.7 Å². The molecule has 0 spiro atoms. The van der Waals surface area contributed by atoms with Gasteiger partial charge in [0.15, 0.2) is 0 Å². The number of thiazole rings is 2. The molecule has 2 aromatic heterocycles. The zero-order valence-corrected chi connectivity index (χ0v) is 16.5. The van der Waals surface area contributed by atoms with E-state index in [9.17, 15) is 4.79 Å². The van der Waals surface area contributed by atoms with Gasteiger partial charge in [-0.3, -0.25) is 4.79 Å². The highest BCUT2D eigenvalue weighted by atomic mass is 32.1. The highest BCUT2D eigenvalue weighted by Gasteiger charge is 2.14. The number of para-hydroxylation sites is 2. The number of hydrogen-bond donors (Lipinski definition) is 0. The summed E-state index contributed by atoms with van der Waals surface area (Å²) in [5, 5.41) is 1.77. The van der Waals surface area contributed by atoms with Gasteiger partial charge in [0.2, 0.25) is 0 Å². The number of hydrogen-bond acceptors (Lipinski definition) is 6. The van der Waals surface area contributed by atoms with Crippen LogP contribution in [0.1, 0.15) is 6.92 Å². The van der Waals surface area contributed by atoms with E-state index in [1.807, 2.05) is 48.5 Å². The van der Waals surface area contributed by atoms with E-state index in [-0.39, 0.29) is 5.97 Å². The van der Waals surface area contributed by atoms with Crippen molar-refractivity contribution in [3.63, 3.8) is 0 Å². The van der Waals surface area contributed by atoms with E-state index < -0.39 is 0 Å². The number of esters is 1. The highest BCUT2D eigenvalue weighted by Crippen LogP contribution is 2.37. The summed E-state index contributed by atoms with van der Waals surface area (Å²) in [4.78, 5) is 21.0. The minimum atomic E-state index is -0.350. The number of ether oxygens (including phenoxy) is 1. The van der Waals surface area contributed by atoms with Crippen molar-refractivity contribution in [2.24, 2.45) is 0 Å². The minimum absolute atomic E-state index is 0.350. The monoisotopic (exact) mass is 402 g/mol. The van der Waals surface area contributed by atoms with E-state index in [4.69, 9.17) is 14.7 Å². The molecule has 0 N–H and O–H groups in total. The molecule has 5 rings (SSSR count). The smallest absolute Gasteiger partial charge is 0.308 e. The summed E-state index contributed by atoms with van der Waals surface area (Å²) in [5.41, 5.74) is 3.74. The first-order chi connectivity index (χ1) is 13.7. The van der Waals surface area contributed by atoms with Crippen molar-refractivity contribution in [1.82, 2.24) is 9.97 Å². The van der Waals surface area contributed by atoms with Gasteiger partial charge >= 0.3 is 5.97 Å². The number of rotatable bonds is 3. The van der Waals surface area contributed by atoms with Gasteiger partial charge in [-0.2, -0.15) is 0 Å². The molecule has 0 atom stereocenters. The minimum Gasteiger partial charge on any atom is -0.427 e. The summed E-state index contributed by atoms with van der Waals surface area (Å²) in [5.74, 6) is 0.148. The lowest BCUT2D eigenvalue weighted by atomic mass is 10.1. The van der Waals surface area contributed by atoms with Crippen LogP contribution in [-0.4, -0.2) is 15.9 Å². The molecule has 0 radical (unpaired) electrons. The predicted molar refractivity (Wildman–Crippen MR) is 115 cm³/mol. The zero-order chi connectivity index (χ0) is 19.1. The Hall–Kier alpha value is -3.09. The summed E-state index contributed by atoms with van der Waals surface area (Å²) < 4.78 is 7.65. The molecular weight excluding hydrogens is 388 g/mol. The maximum absolute atomic E-state index is 11.5. The van der Waals surface area contributed by atoms with Gasteiger partial charge in [0.1, 0.15) is 15.8 Å². The average Bonchev–Trinajstić information content (AvgIpc) is 3.31. The molecule has 5 aromatic rings. The lowest BCUT2D eigenvalue weighted by molar-refractivity contribution is -0.131. The number of carbonyl (C=O) groups excluding carboxylic acids is 1. The summed E-state index contributed by atoms with van der Waals surface area (Å²) in [6.45, 7) is 1.40. The molecule has 0 aliphatic rings. The van der Waals surface area contributed by atoms with E-state index in [0.29, 0.717) is 5.75 Å². The third kappa shape index (κ3) is 3.17. The molecule has 0 aliphatic heterocycles. The molecule has 136 valence electrons. The second kappa shape index (κ2) is 6.82. The van der Waals surface area contributed by atoms with Crippen molar-refractivity contribution in [2.45, 2.75) is 6.92 Å². The molecule has 0 bridgehead atoms.